The number of alkyl halides is 1. The second-order valence-corrected chi connectivity index (χ2v) is 5.47. The lowest BCUT2D eigenvalue weighted by molar-refractivity contribution is 0.200. The minimum atomic E-state index is -0.458. The minimum Gasteiger partial charge on any atom is -0.483 e. The molecule has 0 fully saturated rings. The van der Waals surface area contributed by atoms with E-state index in [1.807, 2.05) is 12.3 Å². The van der Waals surface area contributed by atoms with Crippen molar-refractivity contribution in [1.82, 2.24) is 4.98 Å². The molecule has 0 aliphatic heterocycles. The summed E-state index contributed by atoms with van der Waals surface area (Å²) in [6.07, 6.45) is 0.577. The zero-order valence-electron chi connectivity index (χ0n) is 10.2. The van der Waals surface area contributed by atoms with Gasteiger partial charge in [0, 0.05) is 11.4 Å². The van der Waals surface area contributed by atoms with Gasteiger partial charge >= 0.3 is 0 Å². The highest BCUT2D eigenvalue weighted by molar-refractivity contribution is 7.09. The molecular formula is C13H12Cl2FNOS. The molecule has 2 nitrogen and oxygen atoms in total. The number of benzene rings is 1. The first kappa shape index (κ1) is 14.6. The fourth-order valence-corrected chi connectivity index (χ4v) is 2.88. The van der Waals surface area contributed by atoms with Crippen molar-refractivity contribution in [2.45, 2.75) is 25.3 Å². The standard InChI is InChI=1S/C13H12Cl2FNOS/c1-2-12(13-17-8(6-14)7-19-13)18-9-3-4-11(16)10(15)5-9/h3-5,7,12H,2,6H2,1H3. The van der Waals surface area contributed by atoms with Crippen LogP contribution in [0.5, 0.6) is 5.75 Å². The van der Waals surface area contributed by atoms with E-state index in [1.165, 1.54) is 23.5 Å². The first-order valence-electron chi connectivity index (χ1n) is 5.76. The topological polar surface area (TPSA) is 22.1 Å². The van der Waals surface area contributed by atoms with Gasteiger partial charge in [0.15, 0.2) is 0 Å². The van der Waals surface area contributed by atoms with E-state index in [0.717, 1.165) is 17.1 Å². The summed E-state index contributed by atoms with van der Waals surface area (Å²) in [5.74, 6) is 0.455. The molecule has 0 radical (unpaired) electrons. The molecule has 1 aromatic carbocycles. The molecule has 1 atom stereocenters. The molecule has 0 spiro atoms. The maximum absolute atomic E-state index is 13.1. The maximum Gasteiger partial charge on any atom is 0.150 e. The second-order valence-electron chi connectivity index (χ2n) is 3.90. The van der Waals surface area contributed by atoms with Crippen molar-refractivity contribution in [3.63, 3.8) is 0 Å². The number of thiazole rings is 1. The van der Waals surface area contributed by atoms with Gasteiger partial charge in [-0.1, -0.05) is 18.5 Å². The van der Waals surface area contributed by atoms with Crippen LogP contribution in [-0.2, 0) is 5.88 Å². The summed E-state index contributed by atoms with van der Waals surface area (Å²) in [7, 11) is 0. The molecule has 0 saturated carbocycles. The summed E-state index contributed by atoms with van der Waals surface area (Å²) in [5.41, 5.74) is 0.834. The molecular weight excluding hydrogens is 308 g/mol. The summed E-state index contributed by atoms with van der Waals surface area (Å²) >= 11 is 13.0. The van der Waals surface area contributed by atoms with Crippen molar-refractivity contribution in [2.24, 2.45) is 0 Å². The van der Waals surface area contributed by atoms with Crippen molar-refractivity contribution in [1.29, 1.82) is 0 Å². The Morgan fingerprint density at radius 2 is 2.26 bits per heavy atom. The van der Waals surface area contributed by atoms with Gasteiger partial charge in [-0.2, -0.15) is 0 Å². The lowest BCUT2D eigenvalue weighted by Gasteiger charge is -2.15. The molecule has 2 rings (SSSR count). The zero-order chi connectivity index (χ0) is 13.8. The average Bonchev–Trinajstić information content (AvgIpc) is 2.88. The normalized spacial score (nSPS) is 12.4. The Bertz CT molecular complexity index is 561. The van der Waals surface area contributed by atoms with E-state index in [-0.39, 0.29) is 11.1 Å². The smallest absolute Gasteiger partial charge is 0.150 e. The van der Waals surface area contributed by atoms with Crippen molar-refractivity contribution < 1.29 is 9.13 Å². The molecule has 0 aliphatic rings. The maximum atomic E-state index is 13.1. The van der Waals surface area contributed by atoms with Gasteiger partial charge in [0.05, 0.1) is 16.6 Å². The van der Waals surface area contributed by atoms with E-state index in [1.54, 1.807) is 6.07 Å². The minimum absolute atomic E-state index is 0.0490. The number of hydrogen-bond donors (Lipinski definition) is 0. The average molecular weight is 320 g/mol. The Morgan fingerprint density at radius 3 is 2.84 bits per heavy atom. The van der Waals surface area contributed by atoms with Crippen LogP contribution < -0.4 is 4.74 Å². The summed E-state index contributed by atoms with van der Waals surface area (Å²) in [6.45, 7) is 2.00. The van der Waals surface area contributed by atoms with Crippen LogP contribution in [0.3, 0.4) is 0 Å². The number of hydrogen-bond acceptors (Lipinski definition) is 3. The SMILES string of the molecule is CCC(Oc1ccc(F)c(Cl)c1)c1nc(CCl)cs1. The Hall–Kier alpha value is -0.840. The molecule has 1 aromatic heterocycles. The number of nitrogens with zero attached hydrogens (tertiary/aromatic N) is 1. The van der Waals surface area contributed by atoms with Gasteiger partial charge in [-0.05, 0) is 18.6 Å². The van der Waals surface area contributed by atoms with Gasteiger partial charge in [0.1, 0.15) is 22.7 Å². The second kappa shape index (κ2) is 6.55. The van der Waals surface area contributed by atoms with Crippen LogP contribution in [0.25, 0.3) is 0 Å². The lowest BCUT2D eigenvalue weighted by atomic mass is 10.2. The quantitative estimate of drug-likeness (QED) is 0.706. The van der Waals surface area contributed by atoms with Crippen molar-refractivity contribution in [3.8, 4) is 5.75 Å². The zero-order valence-corrected chi connectivity index (χ0v) is 12.5. The van der Waals surface area contributed by atoms with Gasteiger partial charge in [0.25, 0.3) is 0 Å². The fraction of sp³-hybridized carbons (Fsp3) is 0.308. The van der Waals surface area contributed by atoms with Gasteiger partial charge < -0.3 is 4.74 Å². The van der Waals surface area contributed by atoms with E-state index in [2.05, 4.69) is 4.98 Å². The molecule has 2 aromatic rings. The van der Waals surface area contributed by atoms with Crippen molar-refractivity contribution >= 4 is 34.5 Å². The third-order valence-corrected chi connectivity index (χ3v) is 4.07. The van der Waals surface area contributed by atoms with E-state index in [4.69, 9.17) is 27.9 Å². The monoisotopic (exact) mass is 319 g/mol. The van der Waals surface area contributed by atoms with Crippen LogP contribution in [0, 0.1) is 5.82 Å². The van der Waals surface area contributed by atoms with E-state index in [0.29, 0.717) is 11.6 Å². The molecule has 19 heavy (non-hydrogen) atoms. The molecule has 1 heterocycles. The molecule has 1 unspecified atom stereocenters. The summed E-state index contributed by atoms with van der Waals surface area (Å²) in [4.78, 5) is 4.39. The van der Waals surface area contributed by atoms with Gasteiger partial charge in [0.2, 0.25) is 0 Å². The van der Waals surface area contributed by atoms with Gasteiger partial charge in [-0.15, -0.1) is 22.9 Å². The number of ether oxygens (including phenoxy) is 1. The first-order valence-corrected chi connectivity index (χ1v) is 7.55. The van der Waals surface area contributed by atoms with Crippen LogP contribution in [-0.4, -0.2) is 4.98 Å². The Labute approximate surface area is 125 Å². The van der Waals surface area contributed by atoms with Crippen molar-refractivity contribution in [2.75, 3.05) is 0 Å². The van der Waals surface area contributed by atoms with Gasteiger partial charge in [-0.25, -0.2) is 9.37 Å². The predicted molar refractivity (Wildman–Crippen MR) is 76.7 cm³/mol. The molecule has 0 saturated heterocycles. The Morgan fingerprint density at radius 1 is 1.47 bits per heavy atom. The molecule has 0 N–H and O–H groups in total. The molecule has 102 valence electrons. The lowest BCUT2D eigenvalue weighted by Crippen LogP contribution is -2.06. The van der Waals surface area contributed by atoms with Crippen LogP contribution in [0.1, 0.15) is 30.2 Å². The van der Waals surface area contributed by atoms with Gasteiger partial charge in [-0.3, -0.25) is 0 Å². The number of halogens is 3. The highest BCUT2D eigenvalue weighted by Gasteiger charge is 2.16. The van der Waals surface area contributed by atoms with E-state index < -0.39 is 5.82 Å². The van der Waals surface area contributed by atoms with E-state index >= 15 is 0 Å². The summed E-state index contributed by atoms with van der Waals surface area (Å²) in [5, 5.41) is 2.82. The molecule has 6 heteroatoms. The number of aromatic nitrogens is 1. The molecule has 0 aliphatic carbocycles. The largest absolute Gasteiger partial charge is 0.483 e. The Kier molecular flexibility index (Phi) is 5.02. The van der Waals surface area contributed by atoms with Crippen molar-refractivity contribution in [3.05, 3.63) is 45.1 Å². The summed E-state index contributed by atoms with van der Waals surface area (Å²) in [6, 6.07) is 4.31. The van der Waals surface area contributed by atoms with Crippen LogP contribution >= 0.6 is 34.5 Å². The third kappa shape index (κ3) is 3.59. The third-order valence-electron chi connectivity index (χ3n) is 2.52. The summed E-state index contributed by atoms with van der Waals surface area (Å²) < 4.78 is 18.9. The predicted octanol–water partition coefficient (Wildman–Crippen LogP) is 5.20. The Balaban J connectivity index is 2.16. The van der Waals surface area contributed by atoms with E-state index in [9.17, 15) is 4.39 Å². The number of rotatable bonds is 5. The molecule has 0 bridgehead atoms. The first-order chi connectivity index (χ1) is 9.13. The van der Waals surface area contributed by atoms with Crippen LogP contribution in [0.15, 0.2) is 23.6 Å². The molecule has 0 amide bonds. The highest BCUT2D eigenvalue weighted by atomic mass is 35.5. The van der Waals surface area contributed by atoms with Crippen LogP contribution in [0.2, 0.25) is 5.02 Å². The highest BCUT2D eigenvalue weighted by Crippen LogP contribution is 2.29. The fourth-order valence-electron chi connectivity index (χ4n) is 1.55. The van der Waals surface area contributed by atoms with Crippen LogP contribution in [0.4, 0.5) is 4.39 Å².